The van der Waals surface area contributed by atoms with Crippen LogP contribution in [0.25, 0.3) is 11.2 Å². The van der Waals surface area contributed by atoms with Crippen LogP contribution >= 0.6 is 19.2 Å². The van der Waals surface area contributed by atoms with Crippen LogP contribution in [0.1, 0.15) is 13.8 Å². The van der Waals surface area contributed by atoms with E-state index in [4.69, 9.17) is 26.6 Å². The Balaban J connectivity index is 1.94. The van der Waals surface area contributed by atoms with Crippen molar-refractivity contribution < 1.29 is 18.7 Å². The van der Waals surface area contributed by atoms with Gasteiger partial charge in [-0.15, -0.1) is 0 Å². The minimum absolute atomic E-state index is 0.0466. The molecule has 0 aliphatic heterocycles. The van der Waals surface area contributed by atoms with Crippen LogP contribution in [0.5, 0.6) is 0 Å². The second-order valence-corrected chi connectivity index (χ2v) is 6.91. The molecule has 2 aromatic heterocycles. The lowest BCUT2D eigenvalue weighted by Crippen LogP contribution is -2.10. The van der Waals surface area contributed by atoms with E-state index in [1.54, 1.807) is 18.4 Å². The molecule has 0 radical (unpaired) electrons. The number of halogens is 1. The van der Waals surface area contributed by atoms with Crippen molar-refractivity contribution in [3.8, 4) is 0 Å². The Kier molecular flexibility index (Phi) is 5.36. The zero-order chi connectivity index (χ0) is 16.3. The van der Waals surface area contributed by atoms with Gasteiger partial charge in [-0.1, -0.05) is 11.6 Å². The summed E-state index contributed by atoms with van der Waals surface area (Å²) >= 11 is 5.92. The Morgan fingerprint density at radius 2 is 2.23 bits per heavy atom. The molecule has 0 fully saturated rings. The van der Waals surface area contributed by atoms with E-state index in [2.05, 4.69) is 15.0 Å². The average Bonchev–Trinajstić information content (AvgIpc) is 2.76. The van der Waals surface area contributed by atoms with Gasteiger partial charge < -0.3 is 24.5 Å². The Bertz CT molecular complexity index is 707. The fraction of sp³-hybridized carbons (Fsp3) is 0.545. The largest absolute Gasteiger partial charge is 0.368 e. The van der Waals surface area contributed by atoms with E-state index in [0.717, 1.165) is 0 Å². The summed E-state index contributed by atoms with van der Waals surface area (Å²) in [5.74, 6) is 0.0466. The van der Waals surface area contributed by atoms with E-state index in [-0.39, 0.29) is 30.2 Å². The second-order valence-electron chi connectivity index (χ2n) is 4.81. The van der Waals surface area contributed by atoms with Crippen LogP contribution in [0, 0.1) is 0 Å². The van der Waals surface area contributed by atoms with Crippen LogP contribution in [0.15, 0.2) is 6.33 Å². The number of nitrogens with zero attached hydrogens (tertiary/aromatic N) is 4. The van der Waals surface area contributed by atoms with Crippen molar-refractivity contribution in [1.82, 2.24) is 19.5 Å². The maximum absolute atomic E-state index is 11.6. The molecule has 2 aromatic rings. The first-order valence-electron chi connectivity index (χ1n) is 6.50. The van der Waals surface area contributed by atoms with Gasteiger partial charge in [0.2, 0.25) is 5.95 Å². The van der Waals surface area contributed by atoms with Gasteiger partial charge in [0.1, 0.15) is 11.9 Å². The topological polar surface area (TPSA) is 125 Å². The van der Waals surface area contributed by atoms with Crippen LogP contribution in [-0.2, 0) is 20.4 Å². The van der Waals surface area contributed by atoms with Gasteiger partial charge in [0, 0.05) is 6.54 Å². The van der Waals surface area contributed by atoms with Gasteiger partial charge in [-0.2, -0.15) is 9.97 Å². The zero-order valence-corrected chi connectivity index (χ0v) is 13.8. The molecule has 0 saturated carbocycles. The Morgan fingerprint density at radius 1 is 1.50 bits per heavy atom. The maximum Gasteiger partial charge on any atom is 0.353 e. The highest BCUT2D eigenvalue weighted by atomic mass is 35.5. The molecule has 9 nitrogen and oxygen atoms in total. The summed E-state index contributed by atoms with van der Waals surface area (Å²) in [5.41, 5.74) is 6.46. The van der Waals surface area contributed by atoms with Crippen molar-refractivity contribution in [3.05, 3.63) is 11.5 Å². The molecule has 0 bridgehead atoms. The molecule has 22 heavy (non-hydrogen) atoms. The summed E-state index contributed by atoms with van der Waals surface area (Å²) in [6.07, 6.45) is 0.797. The predicted molar refractivity (Wildman–Crippen MR) is 81.6 cm³/mol. The molecule has 2 rings (SSSR count). The first kappa shape index (κ1) is 17.1. The molecule has 3 N–H and O–H groups in total. The van der Waals surface area contributed by atoms with E-state index >= 15 is 0 Å². The molecule has 0 spiro atoms. The zero-order valence-electron chi connectivity index (χ0n) is 12.1. The summed E-state index contributed by atoms with van der Waals surface area (Å²) in [7, 11) is -3.73. The highest BCUT2D eigenvalue weighted by molar-refractivity contribution is 7.52. The van der Waals surface area contributed by atoms with Crippen molar-refractivity contribution >= 4 is 36.3 Å². The molecule has 0 amide bonds. The van der Waals surface area contributed by atoms with Crippen LogP contribution in [0.2, 0.25) is 5.15 Å². The molecule has 0 aromatic carbocycles. The molecule has 0 aliphatic carbocycles. The quantitative estimate of drug-likeness (QED) is 0.439. The van der Waals surface area contributed by atoms with E-state index in [9.17, 15) is 9.46 Å². The Hall–Kier alpha value is -1.25. The van der Waals surface area contributed by atoms with Crippen molar-refractivity contribution in [1.29, 1.82) is 0 Å². The predicted octanol–water partition coefficient (Wildman–Crippen LogP) is 1.65. The molecule has 1 atom stereocenters. The number of imidazole rings is 1. The lowest BCUT2D eigenvalue weighted by atomic mass is 10.5. The number of nitrogen functional groups attached to an aromatic ring is 1. The highest BCUT2D eigenvalue weighted by Crippen LogP contribution is 2.42. The second kappa shape index (κ2) is 6.89. The van der Waals surface area contributed by atoms with Gasteiger partial charge in [0.05, 0.1) is 19.0 Å². The van der Waals surface area contributed by atoms with Crippen LogP contribution in [-0.4, -0.2) is 43.5 Å². The van der Waals surface area contributed by atoms with E-state index < -0.39 is 7.60 Å². The number of ether oxygens (including phenoxy) is 1. The maximum atomic E-state index is 11.6. The number of rotatable bonds is 7. The molecule has 0 aliphatic rings. The lowest BCUT2D eigenvalue weighted by Gasteiger charge is -2.15. The first-order chi connectivity index (χ1) is 10.3. The molecule has 11 heteroatoms. The third-order valence-electron chi connectivity index (χ3n) is 2.55. The first-order valence-corrected chi connectivity index (χ1v) is 8.64. The standard InChI is InChI=1S/C11H17ClN5O4P/c1-7(2)21-22(18,19)6-20-4-3-17-5-14-8-9(12)15-11(13)16-10(8)17/h5,7H,3-4,6H2,1-2H3,(H,18,19)(H2,13,15,16). The minimum Gasteiger partial charge on any atom is -0.368 e. The molecular weight excluding hydrogens is 333 g/mol. The van der Waals surface area contributed by atoms with Crippen molar-refractivity contribution in [2.24, 2.45) is 0 Å². The minimum atomic E-state index is -3.73. The normalized spacial score (nSPS) is 14.6. The third-order valence-corrected chi connectivity index (χ3v) is 4.07. The molecule has 1 unspecified atom stereocenters. The highest BCUT2D eigenvalue weighted by Gasteiger charge is 2.21. The number of hydrogen-bond donors (Lipinski definition) is 2. The molecular formula is C11H17ClN5O4P. The number of anilines is 1. The van der Waals surface area contributed by atoms with Gasteiger partial charge in [0.15, 0.2) is 10.8 Å². The Labute approximate surface area is 132 Å². The van der Waals surface area contributed by atoms with Crippen LogP contribution in [0.3, 0.4) is 0 Å². The van der Waals surface area contributed by atoms with Crippen LogP contribution in [0.4, 0.5) is 5.95 Å². The number of fused-ring (bicyclic) bond motifs is 1. The lowest BCUT2D eigenvalue weighted by molar-refractivity contribution is 0.126. The summed E-state index contributed by atoms with van der Waals surface area (Å²) in [5, 5.41) is 0.173. The van der Waals surface area contributed by atoms with Gasteiger partial charge in [0.25, 0.3) is 0 Å². The molecule has 0 saturated heterocycles. The Morgan fingerprint density at radius 3 is 2.91 bits per heavy atom. The summed E-state index contributed by atoms with van der Waals surface area (Å²) in [4.78, 5) is 21.5. The monoisotopic (exact) mass is 349 g/mol. The summed E-state index contributed by atoms with van der Waals surface area (Å²) in [6, 6.07) is 0. The summed E-state index contributed by atoms with van der Waals surface area (Å²) < 4.78 is 23.4. The van der Waals surface area contributed by atoms with Crippen molar-refractivity contribution in [2.45, 2.75) is 26.5 Å². The van der Waals surface area contributed by atoms with Crippen molar-refractivity contribution in [3.63, 3.8) is 0 Å². The molecule has 122 valence electrons. The SMILES string of the molecule is CC(C)OP(=O)(O)COCCn1cnc2c(Cl)nc(N)nc21. The summed E-state index contributed by atoms with van der Waals surface area (Å²) in [6.45, 7) is 3.90. The van der Waals surface area contributed by atoms with Gasteiger partial charge in [-0.3, -0.25) is 4.57 Å². The van der Waals surface area contributed by atoms with Crippen molar-refractivity contribution in [2.75, 3.05) is 18.7 Å². The third kappa shape index (κ3) is 4.37. The fourth-order valence-corrected chi connectivity index (χ4v) is 3.09. The number of aromatic nitrogens is 4. The van der Waals surface area contributed by atoms with Gasteiger partial charge in [-0.05, 0) is 13.8 Å². The fourth-order valence-electron chi connectivity index (χ4n) is 1.79. The van der Waals surface area contributed by atoms with E-state index in [0.29, 0.717) is 17.7 Å². The smallest absolute Gasteiger partial charge is 0.353 e. The van der Waals surface area contributed by atoms with Gasteiger partial charge >= 0.3 is 7.60 Å². The van der Waals surface area contributed by atoms with E-state index in [1.807, 2.05) is 0 Å². The van der Waals surface area contributed by atoms with E-state index in [1.165, 1.54) is 6.33 Å². The number of nitrogens with two attached hydrogens (primary N) is 1. The van der Waals surface area contributed by atoms with Crippen LogP contribution < -0.4 is 5.73 Å². The molecule has 2 heterocycles. The average molecular weight is 350 g/mol. The van der Waals surface area contributed by atoms with Gasteiger partial charge in [-0.25, -0.2) is 4.98 Å². The number of hydrogen-bond acceptors (Lipinski definition) is 7.